The summed E-state index contributed by atoms with van der Waals surface area (Å²) in [7, 11) is 0. The van der Waals surface area contributed by atoms with Crippen LogP contribution < -0.4 is 10.2 Å². The molecule has 1 saturated heterocycles. The summed E-state index contributed by atoms with van der Waals surface area (Å²) in [4.78, 5) is 33.5. The first kappa shape index (κ1) is 17.9. The maximum absolute atomic E-state index is 12.3. The van der Waals surface area contributed by atoms with Crippen LogP contribution in [0.25, 0.3) is 11.0 Å². The number of carbonyl (C=O) groups excluding carboxylic acids is 2. The summed E-state index contributed by atoms with van der Waals surface area (Å²) in [5.74, 6) is 0.211. The second kappa shape index (κ2) is 7.62. The van der Waals surface area contributed by atoms with Crippen LogP contribution in [-0.2, 0) is 9.59 Å². The molecule has 0 unspecified atom stereocenters. The fourth-order valence-corrected chi connectivity index (χ4v) is 3.89. The van der Waals surface area contributed by atoms with E-state index >= 15 is 0 Å². The third kappa shape index (κ3) is 4.09. The number of fused-ring (bicyclic) bond motifs is 1. The molecule has 2 amide bonds. The molecule has 6 nitrogen and oxygen atoms in total. The van der Waals surface area contributed by atoms with Gasteiger partial charge in [-0.2, -0.15) is 0 Å². The van der Waals surface area contributed by atoms with Gasteiger partial charge in [0.05, 0.1) is 16.8 Å². The summed E-state index contributed by atoms with van der Waals surface area (Å²) >= 11 is 7.29. The molecule has 138 valence electrons. The zero-order chi connectivity index (χ0) is 18.8. The van der Waals surface area contributed by atoms with Crippen molar-refractivity contribution in [3.8, 4) is 0 Å². The van der Waals surface area contributed by atoms with E-state index in [0.717, 1.165) is 29.7 Å². The van der Waals surface area contributed by atoms with Gasteiger partial charge in [-0.3, -0.25) is 9.59 Å². The van der Waals surface area contributed by atoms with Gasteiger partial charge in [0.25, 0.3) is 0 Å². The molecule has 27 heavy (non-hydrogen) atoms. The SMILES string of the molecule is O=C(CSc1nc2ccc(Cl)cc2[nH]1)Nc1cccc(N2CCCC2=O)c1. The monoisotopic (exact) mass is 400 g/mol. The molecule has 0 aliphatic carbocycles. The molecule has 2 N–H and O–H groups in total. The Morgan fingerprint density at radius 3 is 3.00 bits per heavy atom. The number of benzene rings is 2. The second-order valence-corrected chi connectivity index (χ2v) is 7.64. The molecule has 4 rings (SSSR count). The molecule has 1 aliphatic rings. The number of aromatic nitrogens is 2. The van der Waals surface area contributed by atoms with Crippen molar-refractivity contribution in [2.45, 2.75) is 18.0 Å². The van der Waals surface area contributed by atoms with E-state index in [9.17, 15) is 9.59 Å². The third-order valence-electron chi connectivity index (χ3n) is 4.28. The van der Waals surface area contributed by atoms with Crippen molar-refractivity contribution in [1.29, 1.82) is 0 Å². The van der Waals surface area contributed by atoms with Crippen LogP contribution in [0.3, 0.4) is 0 Å². The number of nitrogens with zero attached hydrogens (tertiary/aromatic N) is 2. The molecule has 1 aliphatic heterocycles. The van der Waals surface area contributed by atoms with Crippen molar-refractivity contribution in [1.82, 2.24) is 9.97 Å². The number of H-pyrrole nitrogens is 1. The van der Waals surface area contributed by atoms with Crippen molar-refractivity contribution in [2.24, 2.45) is 0 Å². The van der Waals surface area contributed by atoms with Crippen LogP contribution in [-0.4, -0.2) is 34.1 Å². The van der Waals surface area contributed by atoms with Gasteiger partial charge in [-0.15, -0.1) is 0 Å². The van der Waals surface area contributed by atoms with Crippen LogP contribution in [0.4, 0.5) is 11.4 Å². The lowest BCUT2D eigenvalue weighted by Crippen LogP contribution is -2.23. The molecule has 3 aromatic rings. The highest BCUT2D eigenvalue weighted by Gasteiger charge is 2.21. The molecule has 0 spiro atoms. The Balaban J connectivity index is 1.38. The lowest BCUT2D eigenvalue weighted by atomic mass is 10.2. The number of aromatic amines is 1. The van der Waals surface area contributed by atoms with Crippen molar-refractivity contribution < 1.29 is 9.59 Å². The molecule has 0 bridgehead atoms. The molecule has 2 heterocycles. The standard InChI is InChI=1S/C19H17ClN4O2S/c20-12-6-7-15-16(9-12)23-19(22-15)27-11-17(25)21-13-3-1-4-14(10-13)24-8-2-5-18(24)26/h1,3-4,6-7,9-10H,2,5,8,11H2,(H,21,25)(H,22,23). The van der Waals surface area contributed by atoms with Gasteiger partial charge in [0.1, 0.15) is 0 Å². The minimum absolute atomic E-state index is 0.124. The molecule has 0 radical (unpaired) electrons. The summed E-state index contributed by atoms with van der Waals surface area (Å²) in [5, 5.41) is 4.17. The predicted molar refractivity (Wildman–Crippen MR) is 108 cm³/mol. The quantitative estimate of drug-likeness (QED) is 0.633. The van der Waals surface area contributed by atoms with E-state index in [4.69, 9.17) is 11.6 Å². The van der Waals surface area contributed by atoms with Gasteiger partial charge in [-0.25, -0.2) is 4.98 Å². The average molecular weight is 401 g/mol. The van der Waals surface area contributed by atoms with E-state index in [2.05, 4.69) is 15.3 Å². The maximum atomic E-state index is 12.3. The summed E-state index contributed by atoms with van der Waals surface area (Å²) in [6.07, 6.45) is 1.45. The highest BCUT2D eigenvalue weighted by molar-refractivity contribution is 7.99. The number of hydrogen-bond donors (Lipinski definition) is 2. The van der Waals surface area contributed by atoms with Crippen molar-refractivity contribution in [2.75, 3.05) is 22.5 Å². The van der Waals surface area contributed by atoms with Crippen LogP contribution in [0.5, 0.6) is 0 Å². The van der Waals surface area contributed by atoms with Gasteiger partial charge in [0.15, 0.2) is 5.16 Å². The lowest BCUT2D eigenvalue weighted by molar-refractivity contribution is -0.117. The number of imidazole rings is 1. The van der Waals surface area contributed by atoms with Crippen LogP contribution in [0, 0.1) is 0 Å². The van der Waals surface area contributed by atoms with Gasteiger partial charge in [0, 0.05) is 29.4 Å². The van der Waals surface area contributed by atoms with Crippen LogP contribution >= 0.6 is 23.4 Å². The minimum atomic E-state index is -0.136. The number of rotatable bonds is 5. The summed E-state index contributed by atoms with van der Waals surface area (Å²) in [6, 6.07) is 12.8. The number of hydrogen-bond acceptors (Lipinski definition) is 4. The molecule has 1 fully saturated rings. The van der Waals surface area contributed by atoms with Crippen LogP contribution in [0.2, 0.25) is 5.02 Å². The number of nitrogens with one attached hydrogen (secondary N) is 2. The fourth-order valence-electron chi connectivity index (χ4n) is 3.03. The molecule has 0 atom stereocenters. The number of amides is 2. The molecule has 1 aromatic heterocycles. The molecular formula is C19H17ClN4O2S. The van der Waals surface area contributed by atoms with Crippen molar-refractivity contribution in [3.05, 3.63) is 47.5 Å². The highest BCUT2D eigenvalue weighted by Crippen LogP contribution is 2.25. The third-order valence-corrected chi connectivity index (χ3v) is 5.39. The molecule has 8 heteroatoms. The van der Waals surface area contributed by atoms with Crippen molar-refractivity contribution >= 4 is 57.6 Å². The second-order valence-electron chi connectivity index (χ2n) is 6.24. The van der Waals surface area contributed by atoms with E-state index in [1.165, 1.54) is 11.8 Å². The zero-order valence-electron chi connectivity index (χ0n) is 14.4. The Hall–Kier alpha value is -2.51. The average Bonchev–Trinajstić information content (AvgIpc) is 3.25. The van der Waals surface area contributed by atoms with Crippen LogP contribution in [0.1, 0.15) is 12.8 Å². The zero-order valence-corrected chi connectivity index (χ0v) is 15.9. The van der Waals surface area contributed by atoms with E-state index < -0.39 is 0 Å². The van der Waals surface area contributed by atoms with Gasteiger partial charge in [-0.05, 0) is 42.8 Å². The lowest BCUT2D eigenvalue weighted by Gasteiger charge is -2.16. The normalized spacial score (nSPS) is 14.1. The Kier molecular flexibility index (Phi) is 5.05. The first-order valence-electron chi connectivity index (χ1n) is 8.57. The topological polar surface area (TPSA) is 78.1 Å². The first-order valence-corrected chi connectivity index (χ1v) is 9.93. The predicted octanol–water partition coefficient (Wildman–Crippen LogP) is 4.07. The Morgan fingerprint density at radius 1 is 1.30 bits per heavy atom. The highest BCUT2D eigenvalue weighted by atomic mass is 35.5. The number of thioether (sulfide) groups is 1. The Labute approximate surface area is 165 Å². The Bertz CT molecular complexity index is 1020. The summed E-state index contributed by atoms with van der Waals surface area (Å²) in [6.45, 7) is 0.724. The van der Waals surface area contributed by atoms with E-state index in [-0.39, 0.29) is 17.6 Å². The maximum Gasteiger partial charge on any atom is 0.234 e. The van der Waals surface area contributed by atoms with Gasteiger partial charge >= 0.3 is 0 Å². The van der Waals surface area contributed by atoms with Gasteiger partial charge in [0.2, 0.25) is 11.8 Å². The molecule has 0 saturated carbocycles. The number of anilines is 2. The van der Waals surface area contributed by atoms with E-state index in [1.54, 1.807) is 17.0 Å². The first-order chi connectivity index (χ1) is 13.1. The number of carbonyl (C=O) groups is 2. The molecule has 2 aromatic carbocycles. The smallest absolute Gasteiger partial charge is 0.234 e. The summed E-state index contributed by atoms with van der Waals surface area (Å²) < 4.78 is 0. The molecular weight excluding hydrogens is 384 g/mol. The van der Waals surface area contributed by atoms with Crippen LogP contribution in [0.15, 0.2) is 47.6 Å². The van der Waals surface area contributed by atoms with Crippen molar-refractivity contribution in [3.63, 3.8) is 0 Å². The van der Waals surface area contributed by atoms with Gasteiger partial charge in [-0.1, -0.05) is 29.4 Å². The van der Waals surface area contributed by atoms with E-state index in [1.807, 2.05) is 30.3 Å². The summed E-state index contributed by atoms with van der Waals surface area (Å²) in [5.41, 5.74) is 3.14. The van der Waals surface area contributed by atoms with E-state index in [0.29, 0.717) is 22.3 Å². The largest absolute Gasteiger partial charge is 0.333 e. The minimum Gasteiger partial charge on any atom is -0.333 e. The fraction of sp³-hybridized carbons (Fsp3) is 0.211. The number of halogens is 1. The Morgan fingerprint density at radius 2 is 2.19 bits per heavy atom. The van der Waals surface area contributed by atoms with Gasteiger partial charge < -0.3 is 15.2 Å².